The van der Waals surface area contributed by atoms with E-state index >= 15 is 0 Å². The van der Waals surface area contributed by atoms with E-state index in [0.717, 1.165) is 12.1 Å². The van der Waals surface area contributed by atoms with Crippen molar-refractivity contribution in [3.05, 3.63) is 23.8 Å². The normalized spacial score (nSPS) is 12.5. The van der Waals surface area contributed by atoms with Crippen LogP contribution in [0.4, 0.5) is 8.78 Å². The average Bonchev–Trinajstić information content (AvgIpc) is 2.49. The molecule has 21 heavy (non-hydrogen) atoms. The lowest BCUT2D eigenvalue weighted by atomic mass is 10.0. The summed E-state index contributed by atoms with van der Waals surface area (Å²) in [4.78, 5) is 0. The van der Waals surface area contributed by atoms with Crippen LogP contribution in [-0.4, -0.2) is 40.4 Å². The van der Waals surface area contributed by atoms with Crippen molar-refractivity contribution in [1.82, 2.24) is 5.32 Å². The molecule has 6 heteroatoms. The maximum atomic E-state index is 12.0. The molecule has 4 nitrogen and oxygen atoms in total. The molecule has 0 aromatic heterocycles. The smallest absolute Gasteiger partial charge is 0.261 e. The Hall–Kier alpha value is -1.40. The number of hydrogen-bond donors (Lipinski definition) is 1. The van der Waals surface area contributed by atoms with Crippen molar-refractivity contribution < 1.29 is 23.0 Å². The van der Waals surface area contributed by atoms with Crippen LogP contribution in [0.3, 0.4) is 0 Å². The molecular weight excluding hydrogens is 280 g/mol. The molecule has 0 bridgehead atoms. The molecular formula is C15H23F2NO3. The van der Waals surface area contributed by atoms with Crippen molar-refractivity contribution in [1.29, 1.82) is 0 Å². The number of ether oxygens (including phenoxy) is 3. The Balaban J connectivity index is 2.70. The molecule has 1 unspecified atom stereocenters. The molecule has 1 rings (SSSR count). The van der Waals surface area contributed by atoms with Crippen molar-refractivity contribution in [3.8, 4) is 11.5 Å². The number of hydrogen-bond acceptors (Lipinski definition) is 4. The van der Waals surface area contributed by atoms with Gasteiger partial charge in [-0.25, -0.2) is 8.78 Å². The van der Waals surface area contributed by atoms with Crippen LogP contribution in [0.1, 0.15) is 24.9 Å². The predicted molar refractivity (Wildman–Crippen MR) is 77.4 cm³/mol. The van der Waals surface area contributed by atoms with Crippen molar-refractivity contribution in [3.63, 3.8) is 0 Å². The van der Waals surface area contributed by atoms with E-state index in [0.29, 0.717) is 17.9 Å². The van der Waals surface area contributed by atoms with Gasteiger partial charge in [-0.1, -0.05) is 13.0 Å². The van der Waals surface area contributed by atoms with Crippen molar-refractivity contribution in [2.24, 2.45) is 0 Å². The van der Waals surface area contributed by atoms with Crippen LogP contribution in [-0.2, 0) is 4.74 Å². The molecule has 0 saturated carbocycles. The average molecular weight is 303 g/mol. The fraction of sp³-hybridized carbons (Fsp3) is 0.600. The van der Waals surface area contributed by atoms with E-state index in [1.165, 1.54) is 0 Å². The zero-order valence-corrected chi connectivity index (χ0v) is 12.7. The van der Waals surface area contributed by atoms with Crippen molar-refractivity contribution in [2.45, 2.75) is 25.8 Å². The Morgan fingerprint density at radius 3 is 2.43 bits per heavy atom. The molecule has 120 valence electrons. The van der Waals surface area contributed by atoms with Crippen LogP contribution in [0, 0.1) is 0 Å². The van der Waals surface area contributed by atoms with Crippen LogP contribution in [0.5, 0.6) is 11.5 Å². The third-order valence-electron chi connectivity index (χ3n) is 3.06. The van der Waals surface area contributed by atoms with Gasteiger partial charge in [-0.05, 0) is 30.7 Å². The first-order chi connectivity index (χ1) is 10.1. The van der Waals surface area contributed by atoms with E-state index in [-0.39, 0.29) is 12.6 Å². The highest BCUT2D eigenvalue weighted by Crippen LogP contribution is 2.30. The van der Waals surface area contributed by atoms with Crippen molar-refractivity contribution in [2.75, 3.05) is 34.0 Å². The maximum Gasteiger partial charge on any atom is 0.261 e. The zero-order chi connectivity index (χ0) is 15.7. The first-order valence-electron chi connectivity index (χ1n) is 6.93. The molecule has 0 saturated heterocycles. The Morgan fingerprint density at radius 2 is 1.86 bits per heavy atom. The Morgan fingerprint density at radius 1 is 1.14 bits per heavy atom. The zero-order valence-electron chi connectivity index (χ0n) is 12.7. The van der Waals surface area contributed by atoms with Crippen LogP contribution in [0.25, 0.3) is 0 Å². The van der Waals surface area contributed by atoms with E-state index < -0.39 is 13.0 Å². The summed E-state index contributed by atoms with van der Waals surface area (Å²) in [7, 11) is 3.16. The SMILES string of the molecule is CCNC(CCOCC(F)F)c1ccc(OC)c(OC)c1. The molecule has 0 amide bonds. The molecule has 0 aliphatic rings. The lowest BCUT2D eigenvalue weighted by Gasteiger charge is -2.20. The Bertz CT molecular complexity index is 416. The minimum absolute atomic E-state index is 0.0208. The van der Waals surface area contributed by atoms with E-state index in [1.807, 2.05) is 25.1 Å². The standard InChI is InChI=1S/C15H23F2NO3/c1-4-18-12(7-8-21-10-15(16)17)11-5-6-13(19-2)14(9-11)20-3/h5-6,9,12,15,18H,4,7-8,10H2,1-3H3. The second-order valence-electron chi connectivity index (χ2n) is 4.48. The number of rotatable bonds is 10. The van der Waals surface area contributed by atoms with E-state index in [4.69, 9.17) is 14.2 Å². The summed E-state index contributed by atoms with van der Waals surface area (Å²) in [5, 5.41) is 3.31. The summed E-state index contributed by atoms with van der Waals surface area (Å²) in [5.41, 5.74) is 1.01. The van der Waals surface area contributed by atoms with Crippen LogP contribution in [0.2, 0.25) is 0 Å². The van der Waals surface area contributed by atoms with Crippen LogP contribution >= 0.6 is 0 Å². The lowest BCUT2D eigenvalue weighted by molar-refractivity contribution is 0.0144. The first-order valence-corrected chi connectivity index (χ1v) is 6.93. The summed E-state index contributed by atoms with van der Waals surface area (Å²) in [6.45, 7) is 2.52. The van der Waals surface area contributed by atoms with Gasteiger partial charge in [0, 0.05) is 12.6 Å². The number of alkyl halides is 2. The molecule has 1 atom stereocenters. The Labute approximate surface area is 124 Å². The summed E-state index contributed by atoms with van der Waals surface area (Å²) in [6, 6.07) is 5.67. The molecule has 1 N–H and O–H groups in total. The second-order valence-corrected chi connectivity index (χ2v) is 4.48. The van der Waals surface area contributed by atoms with Gasteiger partial charge in [0.15, 0.2) is 11.5 Å². The third-order valence-corrected chi connectivity index (χ3v) is 3.06. The van der Waals surface area contributed by atoms with Gasteiger partial charge in [0.1, 0.15) is 6.61 Å². The molecule has 0 radical (unpaired) electrons. The largest absolute Gasteiger partial charge is 0.493 e. The second kappa shape index (κ2) is 9.52. The van der Waals surface area contributed by atoms with E-state index in [1.54, 1.807) is 14.2 Å². The van der Waals surface area contributed by atoms with Gasteiger partial charge in [0.25, 0.3) is 6.43 Å². The summed E-state index contributed by atoms with van der Waals surface area (Å²) < 4.78 is 39.5. The molecule has 0 aliphatic carbocycles. The summed E-state index contributed by atoms with van der Waals surface area (Å²) >= 11 is 0. The highest BCUT2D eigenvalue weighted by atomic mass is 19.3. The fourth-order valence-electron chi connectivity index (χ4n) is 2.08. The van der Waals surface area contributed by atoms with E-state index in [9.17, 15) is 8.78 Å². The summed E-state index contributed by atoms with van der Waals surface area (Å²) in [5.74, 6) is 1.30. The quantitative estimate of drug-likeness (QED) is 0.675. The predicted octanol–water partition coefficient (Wildman–Crippen LogP) is 3.03. The molecule has 0 aliphatic heterocycles. The lowest BCUT2D eigenvalue weighted by Crippen LogP contribution is -2.23. The van der Waals surface area contributed by atoms with Gasteiger partial charge in [-0.15, -0.1) is 0 Å². The minimum atomic E-state index is -2.43. The first kappa shape index (κ1) is 17.7. The van der Waals surface area contributed by atoms with Crippen LogP contribution in [0.15, 0.2) is 18.2 Å². The van der Waals surface area contributed by atoms with Crippen LogP contribution < -0.4 is 14.8 Å². The number of methoxy groups -OCH3 is 2. The highest BCUT2D eigenvalue weighted by Gasteiger charge is 2.14. The van der Waals surface area contributed by atoms with Gasteiger partial charge >= 0.3 is 0 Å². The third kappa shape index (κ3) is 5.85. The molecule has 1 aromatic carbocycles. The number of halogens is 2. The number of nitrogens with one attached hydrogen (secondary N) is 1. The maximum absolute atomic E-state index is 12.0. The minimum Gasteiger partial charge on any atom is -0.493 e. The van der Waals surface area contributed by atoms with E-state index in [2.05, 4.69) is 5.32 Å². The van der Waals surface area contributed by atoms with Gasteiger partial charge < -0.3 is 19.5 Å². The van der Waals surface area contributed by atoms with Crippen molar-refractivity contribution >= 4 is 0 Å². The van der Waals surface area contributed by atoms with Gasteiger partial charge in [0.2, 0.25) is 0 Å². The summed E-state index contributed by atoms with van der Waals surface area (Å²) in [6.07, 6.45) is -1.82. The molecule has 1 aromatic rings. The topological polar surface area (TPSA) is 39.7 Å². The van der Waals surface area contributed by atoms with Gasteiger partial charge in [0.05, 0.1) is 14.2 Å². The fourth-order valence-corrected chi connectivity index (χ4v) is 2.08. The Kier molecular flexibility index (Phi) is 8.00. The van der Waals surface area contributed by atoms with Gasteiger partial charge in [-0.2, -0.15) is 0 Å². The monoisotopic (exact) mass is 303 g/mol. The highest BCUT2D eigenvalue weighted by molar-refractivity contribution is 5.43. The molecule has 0 heterocycles. The number of benzene rings is 1. The molecule has 0 spiro atoms. The van der Waals surface area contributed by atoms with Gasteiger partial charge in [-0.3, -0.25) is 0 Å². The molecule has 0 fully saturated rings.